The Labute approximate surface area is 198 Å². The third kappa shape index (κ3) is 4.31. The summed E-state index contributed by atoms with van der Waals surface area (Å²) in [6.45, 7) is 6.45. The molecule has 174 valence electrons. The molecule has 4 rings (SSSR count). The monoisotopic (exact) mass is 459 g/mol. The van der Waals surface area contributed by atoms with Crippen LogP contribution in [-0.4, -0.2) is 23.4 Å². The van der Waals surface area contributed by atoms with Crippen molar-refractivity contribution in [3.05, 3.63) is 100 Å². The van der Waals surface area contributed by atoms with E-state index in [9.17, 15) is 19.1 Å². The third-order valence-corrected chi connectivity index (χ3v) is 6.00. The number of hydrogen-bond acceptors (Lipinski definition) is 4. The van der Waals surface area contributed by atoms with Crippen molar-refractivity contribution in [3.63, 3.8) is 0 Å². The van der Waals surface area contributed by atoms with Gasteiger partial charge >= 0.3 is 0 Å². The van der Waals surface area contributed by atoms with Crippen molar-refractivity contribution in [2.24, 2.45) is 0 Å². The predicted molar refractivity (Wildman–Crippen MR) is 129 cm³/mol. The van der Waals surface area contributed by atoms with Crippen molar-refractivity contribution in [2.45, 2.75) is 33.2 Å². The van der Waals surface area contributed by atoms with Crippen molar-refractivity contribution < 1.29 is 23.8 Å². The third-order valence-electron chi connectivity index (χ3n) is 6.00. The Morgan fingerprint density at radius 3 is 2.26 bits per heavy atom. The van der Waals surface area contributed by atoms with Gasteiger partial charge in [0.15, 0.2) is 0 Å². The summed E-state index contributed by atoms with van der Waals surface area (Å²) in [5.41, 5.74) is 3.39. The van der Waals surface area contributed by atoms with Crippen molar-refractivity contribution in [1.29, 1.82) is 0 Å². The lowest BCUT2D eigenvalue weighted by Gasteiger charge is -2.26. The van der Waals surface area contributed by atoms with Gasteiger partial charge in [-0.2, -0.15) is 0 Å². The molecule has 1 saturated heterocycles. The fourth-order valence-corrected chi connectivity index (χ4v) is 4.02. The van der Waals surface area contributed by atoms with E-state index in [4.69, 9.17) is 4.74 Å². The minimum absolute atomic E-state index is 0.0444. The topological polar surface area (TPSA) is 66.8 Å². The largest absolute Gasteiger partial charge is 0.507 e. The molecule has 1 amide bonds. The number of aliphatic hydroxyl groups is 1. The maximum absolute atomic E-state index is 13.7. The maximum Gasteiger partial charge on any atom is 0.300 e. The summed E-state index contributed by atoms with van der Waals surface area (Å²) in [7, 11) is 0. The number of carbonyl (C=O) groups is 2. The highest BCUT2D eigenvalue weighted by atomic mass is 19.1. The smallest absolute Gasteiger partial charge is 0.300 e. The number of hydrogen-bond donors (Lipinski definition) is 1. The van der Waals surface area contributed by atoms with Crippen LogP contribution in [0, 0.1) is 19.7 Å². The first-order valence-corrected chi connectivity index (χ1v) is 11.2. The van der Waals surface area contributed by atoms with Crippen LogP contribution in [0.3, 0.4) is 0 Å². The second-order valence-electron chi connectivity index (χ2n) is 8.36. The molecule has 3 aromatic rings. The number of Topliss-reactive ketones (excluding diaryl/α,β-unsaturated/α-hetero) is 1. The quantitative estimate of drug-likeness (QED) is 0.285. The second kappa shape index (κ2) is 9.51. The van der Waals surface area contributed by atoms with Gasteiger partial charge in [-0.3, -0.25) is 14.5 Å². The van der Waals surface area contributed by atoms with Gasteiger partial charge in [0.25, 0.3) is 11.7 Å². The van der Waals surface area contributed by atoms with E-state index in [2.05, 4.69) is 0 Å². The standard InChI is InChI=1S/C28H26FNO4/c1-4-15-34-23-13-8-20(9-14-23)26(31)24-25(19-6-10-21(29)11-7-19)30(28(33)27(24)32)22-12-5-17(2)18(3)16-22/h5-14,16,25,31H,4,15H2,1-3H3/b26-24+. The lowest BCUT2D eigenvalue weighted by atomic mass is 9.95. The number of halogens is 1. The van der Waals surface area contributed by atoms with Crippen molar-refractivity contribution in [1.82, 2.24) is 0 Å². The minimum atomic E-state index is -0.904. The number of aryl methyl sites for hydroxylation is 2. The molecule has 1 fully saturated rings. The molecular weight excluding hydrogens is 433 g/mol. The Kier molecular flexibility index (Phi) is 6.50. The first-order chi connectivity index (χ1) is 16.3. The zero-order valence-electron chi connectivity index (χ0n) is 19.3. The van der Waals surface area contributed by atoms with Crippen LogP contribution in [-0.2, 0) is 9.59 Å². The van der Waals surface area contributed by atoms with E-state index in [1.165, 1.54) is 29.2 Å². The molecule has 1 N–H and O–H groups in total. The summed E-state index contributed by atoms with van der Waals surface area (Å²) in [6.07, 6.45) is 0.862. The van der Waals surface area contributed by atoms with Gasteiger partial charge in [0.2, 0.25) is 0 Å². The van der Waals surface area contributed by atoms with E-state index in [-0.39, 0.29) is 11.3 Å². The molecule has 0 radical (unpaired) electrons. The molecule has 0 bridgehead atoms. The van der Waals surface area contributed by atoms with Crippen LogP contribution in [0.1, 0.15) is 41.6 Å². The van der Waals surface area contributed by atoms with Crippen LogP contribution in [0.25, 0.3) is 5.76 Å². The number of benzene rings is 3. The Balaban J connectivity index is 1.85. The Morgan fingerprint density at radius 2 is 1.65 bits per heavy atom. The summed E-state index contributed by atoms with van der Waals surface area (Å²) in [5, 5.41) is 11.2. The minimum Gasteiger partial charge on any atom is -0.507 e. The molecule has 1 aliphatic heterocycles. The maximum atomic E-state index is 13.7. The number of anilines is 1. The van der Waals surface area contributed by atoms with E-state index in [0.29, 0.717) is 29.2 Å². The molecule has 0 aromatic heterocycles. The van der Waals surface area contributed by atoms with Crippen molar-refractivity contribution in [3.8, 4) is 5.75 Å². The molecule has 1 heterocycles. The highest BCUT2D eigenvalue weighted by molar-refractivity contribution is 6.51. The van der Waals surface area contributed by atoms with Crippen LogP contribution in [0.15, 0.2) is 72.3 Å². The molecule has 3 aromatic carbocycles. The van der Waals surface area contributed by atoms with Gasteiger partial charge in [0.1, 0.15) is 17.3 Å². The summed E-state index contributed by atoms with van der Waals surface area (Å²) in [4.78, 5) is 27.8. The number of nitrogens with zero attached hydrogens (tertiary/aromatic N) is 1. The predicted octanol–water partition coefficient (Wildman–Crippen LogP) is 5.86. The van der Waals surface area contributed by atoms with E-state index in [1.807, 2.05) is 32.9 Å². The zero-order valence-corrected chi connectivity index (χ0v) is 19.3. The first kappa shape index (κ1) is 23.2. The zero-order chi connectivity index (χ0) is 24.4. The van der Waals surface area contributed by atoms with Gasteiger partial charge in [-0.15, -0.1) is 0 Å². The first-order valence-electron chi connectivity index (χ1n) is 11.2. The molecule has 0 aliphatic carbocycles. The molecule has 5 nitrogen and oxygen atoms in total. The molecule has 6 heteroatoms. The number of ketones is 1. The number of ether oxygens (including phenoxy) is 1. The molecule has 1 atom stereocenters. The average Bonchev–Trinajstić information content (AvgIpc) is 3.10. The van der Waals surface area contributed by atoms with Gasteiger partial charge in [-0.1, -0.05) is 25.1 Å². The van der Waals surface area contributed by atoms with Crippen LogP contribution < -0.4 is 9.64 Å². The van der Waals surface area contributed by atoms with E-state index >= 15 is 0 Å². The number of amides is 1. The number of rotatable bonds is 6. The average molecular weight is 460 g/mol. The van der Waals surface area contributed by atoms with E-state index in [1.54, 1.807) is 30.3 Å². The van der Waals surface area contributed by atoms with Crippen LogP contribution in [0.4, 0.5) is 10.1 Å². The van der Waals surface area contributed by atoms with Crippen LogP contribution in [0.5, 0.6) is 5.75 Å². The normalized spacial score (nSPS) is 17.3. The van der Waals surface area contributed by atoms with Crippen LogP contribution in [0.2, 0.25) is 0 Å². The molecule has 1 unspecified atom stereocenters. The van der Waals surface area contributed by atoms with E-state index in [0.717, 1.165) is 17.5 Å². The fourth-order valence-electron chi connectivity index (χ4n) is 4.02. The number of aliphatic hydroxyl groups excluding tert-OH is 1. The molecule has 0 spiro atoms. The number of carbonyl (C=O) groups excluding carboxylic acids is 2. The van der Waals surface area contributed by atoms with Gasteiger partial charge in [-0.05, 0) is 85.5 Å². The van der Waals surface area contributed by atoms with Gasteiger partial charge in [-0.25, -0.2) is 4.39 Å². The van der Waals surface area contributed by atoms with E-state index < -0.39 is 23.5 Å². The summed E-state index contributed by atoms with van der Waals surface area (Å²) < 4.78 is 19.3. The lowest BCUT2D eigenvalue weighted by molar-refractivity contribution is -0.132. The lowest BCUT2D eigenvalue weighted by Crippen LogP contribution is -2.29. The van der Waals surface area contributed by atoms with Gasteiger partial charge < -0.3 is 9.84 Å². The summed E-state index contributed by atoms with van der Waals surface area (Å²) >= 11 is 0. The van der Waals surface area contributed by atoms with Crippen molar-refractivity contribution in [2.75, 3.05) is 11.5 Å². The highest BCUT2D eigenvalue weighted by Crippen LogP contribution is 2.42. The molecule has 1 aliphatic rings. The summed E-state index contributed by atoms with van der Waals surface area (Å²) in [6, 6.07) is 16.9. The SMILES string of the molecule is CCCOc1ccc(/C(O)=C2\C(=O)C(=O)N(c3ccc(C)c(C)c3)C2c2ccc(F)cc2)cc1. The van der Waals surface area contributed by atoms with Gasteiger partial charge in [0, 0.05) is 11.3 Å². The second-order valence-corrected chi connectivity index (χ2v) is 8.36. The molecule has 34 heavy (non-hydrogen) atoms. The summed E-state index contributed by atoms with van der Waals surface area (Å²) in [5.74, 6) is -1.63. The molecular formula is C28H26FNO4. The van der Waals surface area contributed by atoms with Crippen molar-refractivity contribution >= 4 is 23.1 Å². The van der Waals surface area contributed by atoms with Crippen LogP contribution >= 0.6 is 0 Å². The fraction of sp³-hybridized carbons (Fsp3) is 0.214. The Morgan fingerprint density at radius 1 is 0.971 bits per heavy atom. The highest BCUT2D eigenvalue weighted by Gasteiger charge is 2.47. The Hall–Kier alpha value is -3.93. The Bertz CT molecular complexity index is 1260. The van der Waals surface area contributed by atoms with Gasteiger partial charge in [0.05, 0.1) is 18.2 Å². The molecule has 0 saturated carbocycles.